The van der Waals surface area contributed by atoms with Gasteiger partial charge >= 0.3 is 0 Å². The van der Waals surface area contributed by atoms with Gasteiger partial charge in [0.15, 0.2) is 0 Å². The van der Waals surface area contributed by atoms with Crippen LogP contribution in [-0.4, -0.2) is 35.5 Å². The maximum atomic E-state index is 14.0. The minimum atomic E-state index is 0.0452. The van der Waals surface area contributed by atoms with Crippen LogP contribution in [0.5, 0.6) is 0 Å². The Balaban J connectivity index is 1.15. The van der Waals surface area contributed by atoms with Crippen LogP contribution in [0.3, 0.4) is 0 Å². The minimum absolute atomic E-state index is 0.0452. The maximum absolute atomic E-state index is 14.0. The zero-order valence-electron chi connectivity index (χ0n) is 21.3. The normalized spacial score (nSPS) is 43.9. The Hall–Kier alpha value is -1.36. The number of amides is 1. The molecular formula is C29H44N2O3. The van der Waals surface area contributed by atoms with Gasteiger partial charge in [0.2, 0.25) is 11.8 Å². The Morgan fingerprint density at radius 3 is 2.82 bits per heavy atom. The molecule has 0 radical (unpaired) electrons. The van der Waals surface area contributed by atoms with Crippen molar-refractivity contribution in [3.8, 4) is 0 Å². The maximum Gasteiger partial charge on any atom is 0.226 e. The molecule has 0 N–H and O–H groups in total. The highest BCUT2D eigenvalue weighted by Gasteiger charge is 2.59. The summed E-state index contributed by atoms with van der Waals surface area (Å²) in [7, 11) is 0. The average molecular weight is 469 g/mol. The fraction of sp³-hybridized carbons (Fsp3) is 0.862. The highest BCUT2D eigenvalue weighted by atomic mass is 16.5. The lowest BCUT2D eigenvalue weighted by Gasteiger charge is -2.56. The van der Waals surface area contributed by atoms with E-state index in [-0.39, 0.29) is 17.4 Å². The molecular weight excluding hydrogens is 424 g/mol. The molecule has 0 spiro atoms. The van der Waals surface area contributed by atoms with Crippen LogP contribution in [0.2, 0.25) is 0 Å². The Morgan fingerprint density at radius 2 is 2.00 bits per heavy atom. The van der Waals surface area contributed by atoms with Crippen molar-refractivity contribution in [2.75, 3.05) is 19.8 Å². The topological polar surface area (TPSA) is 55.6 Å². The van der Waals surface area contributed by atoms with Crippen LogP contribution in [0.15, 0.2) is 16.9 Å². The molecule has 0 bridgehead atoms. The predicted octanol–water partition coefficient (Wildman–Crippen LogP) is 6.26. The summed E-state index contributed by atoms with van der Waals surface area (Å²) < 4.78 is 11.4. The number of hydrogen-bond donors (Lipinski definition) is 0. The number of nitrogens with zero attached hydrogens (tertiary/aromatic N) is 2. The lowest BCUT2D eigenvalue weighted by Crippen LogP contribution is -2.51. The first-order valence-corrected chi connectivity index (χ1v) is 14.4. The van der Waals surface area contributed by atoms with Crippen LogP contribution < -0.4 is 0 Å². The summed E-state index contributed by atoms with van der Waals surface area (Å²) in [6, 6.07) is 0.0452. The van der Waals surface area contributed by atoms with Crippen LogP contribution >= 0.6 is 0 Å². The summed E-state index contributed by atoms with van der Waals surface area (Å²) >= 11 is 0. The quantitative estimate of drug-likeness (QED) is 0.512. The number of likely N-dealkylation sites (tertiary alicyclic amines) is 1. The highest BCUT2D eigenvalue weighted by molar-refractivity contribution is 5.81. The molecule has 1 aromatic rings. The summed E-state index contributed by atoms with van der Waals surface area (Å²) in [5.74, 6) is 6.46. The van der Waals surface area contributed by atoms with E-state index >= 15 is 0 Å². The van der Waals surface area contributed by atoms with Gasteiger partial charge in [0, 0.05) is 25.7 Å². The van der Waals surface area contributed by atoms with Gasteiger partial charge in [-0.15, -0.1) is 0 Å². The third kappa shape index (κ3) is 3.76. The number of hydrogen-bond acceptors (Lipinski definition) is 4. The molecule has 5 aliphatic rings. The van der Waals surface area contributed by atoms with Crippen LogP contribution in [0.25, 0.3) is 0 Å². The Kier molecular flexibility index (Phi) is 6.28. The minimum Gasteiger partial charge on any atom is -0.447 e. The standard InChI is InChI=1S/C29H44N2O3/c1-3-33-18-19-6-8-21-20(17-19)7-9-23-22(21)12-13-29(2)24(23)10-11-25(29)28(32)31-15-4-5-26(31)27-30-14-16-34-27/h14,16,19-26H,3-13,15,17-18H2,1-2H3. The van der Waals surface area contributed by atoms with Gasteiger partial charge in [0.25, 0.3) is 0 Å². The zero-order chi connectivity index (χ0) is 23.3. The van der Waals surface area contributed by atoms with Crippen molar-refractivity contribution in [1.82, 2.24) is 9.88 Å². The molecule has 188 valence electrons. The smallest absolute Gasteiger partial charge is 0.226 e. The van der Waals surface area contributed by atoms with Gasteiger partial charge in [-0.25, -0.2) is 4.98 Å². The second-order valence-electron chi connectivity index (χ2n) is 12.5. The van der Waals surface area contributed by atoms with E-state index in [4.69, 9.17) is 9.15 Å². The second-order valence-corrected chi connectivity index (χ2v) is 12.5. The van der Waals surface area contributed by atoms with Crippen LogP contribution in [-0.2, 0) is 9.53 Å². The van der Waals surface area contributed by atoms with Crippen LogP contribution in [0.4, 0.5) is 0 Å². The van der Waals surface area contributed by atoms with Crippen LogP contribution in [0, 0.1) is 46.8 Å². The van der Waals surface area contributed by atoms with Crippen molar-refractivity contribution in [3.05, 3.63) is 18.4 Å². The van der Waals surface area contributed by atoms with Gasteiger partial charge < -0.3 is 14.1 Å². The number of carbonyl (C=O) groups is 1. The van der Waals surface area contributed by atoms with Crippen molar-refractivity contribution in [1.29, 1.82) is 0 Å². The highest BCUT2D eigenvalue weighted by Crippen LogP contribution is 2.64. The van der Waals surface area contributed by atoms with Crippen molar-refractivity contribution in [2.24, 2.45) is 46.8 Å². The van der Waals surface area contributed by atoms with Gasteiger partial charge in [0.1, 0.15) is 12.3 Å². The van der Waals surface area contributed by atoms with Gasteiger partial charge in [-0.3, -0.25) is 4.79 Å². The number of oxazole rings is 1. The van der Waals surface area contributed by atoms with E-state index in [1.807, 2.05) is 0 Å². The molecule has 6 rings (SSSR count). The van der Waals surface area contributed by atoms with Gasteiger partial charge in [-0.05, 0) is 118 Å². The fourth-order valence-electron chi connectivity index (χ4n) is 9.68. The molecule has 1 aliphatic heterocycles. The summed E-state index contributed by atoms with van der Waals surface area (Å²) in [5.41, 5.74) is 0.182. The molecule has 2 heterocycles. The van der Waals surface area contributed by atoms with E-state index < -0.39 is 0 Å². The number of carbonyl (C=O) groups excluding carboxylic acids is 1. The molecule has 0 aromatic carbocycles. The van der Waals surface area contributed by atoms with E-state index in [9.17, 15) is 4.79 Å². The van der Waals surface area contributed by atoms with Crippen molar-refractivity contribution >= 4 is 5.91 Å². The molecule has 4 saturated carbocycles. The molecule has 1 amide bonds. The number of fused-ring (bicyclic) bond motifs is 5. The summed E-state index contributed by atoms with van der Waals surface area (Å²) in [6.45, 7) is 7.30. The van der Waals surface area contributed by atoms with Gasteiger partial charge in [-0.1, -0.05) is 6.92 Å². The van der Waals surface area contributed by atoms with E-state index in [1.54, 1.807) is 12.5 Å². The third-order valence-corrected chi connectivity index (χ3v) is 11.2. The molecule has 5 fully saturated rings. The second kappa shape index (κ2) is 9.26. The molecule has 1 aromatic heterocycles. The Bertz CT molecular complexity index is 856. The lowest BCUT2D eigenvalue weighted by atomic mass is 9.49. The predicted molar refractivity (Wildman–Crippen MR) is 131 cm³/mol. The van der Waals surface area contributed by atoms with Crippen molar-refractivity contribution < 1.29 is 13.9 Å². The van der Waals surface area contributed by atoms with Crippen molar-refractivity contribution in [2.45, 2.75) is 90.5 Å². The average Bonchev–Trinajstić information content (AvgIpc) is 3.61. The van der Waals surface area contributed by atoms with E-state index in [1.165, 1.54) is 51.4 Å². The number of ether oxygens (including phenoxy) is 1. The summed E-state index contributed by atoms with van der Waals surface area (Å²) in [6.07, 6.45) is 17.3. The summed E-state index contributed by atoms with van der Waals surface area (Å²) in [5, 5.41) is 0. The first-order valence-electron chi connectivity index (χ1n) is 14.4. The molecule has 1 saturated heterocycles. The molecule has 9 atom stereocenters. The Morgan fingerprint density at radius 1 is 1.12 bits per heavy atom. The van der Waals surface area contributed by atoms with E-state index in [2.05, 4.69) is 23.7 Å². The molecule has 9 unspecified atom stereocenters. The molecule has 4 aliphatic carbocycles. The summed E-state index contributed by atoms with van der Waals surface area (Å²) in [4.78, 5) is 20.5. The Labute approximate surface area is 205 Å². The zero-order valence-corrected chi connectivity index (χ0v) is 21.3. The van der Waals surface area contributed by atoms with Gasteiger partial charge in [-0.2, -0.15) is 0 Å². The molecule has 34 heavy (non-hydrogen) atoms. The van der Waals surface area contributed by atoms with E-state index in [0.29, 0.717) is 5.91 Å². The van der Waals surface area contributed by atoms with E-state index in [0.717, 1.165) is 80.4 Å². The number of aromatic nitrogens is 1. The SMILES string of the molecule is CCOCC1CCC2C(CCC3C2CCC2(C)C(C(=O)N4CCCC4c4ncco4)CCC32)C1. The van der Waals surface area contributed by atoms with Crippen LogP contribution in [0.1, 0.15) is 96.4 Å². The first kappa shape index (κ1) is 23.1. The van der Waals surface area contributed by atoms with Crippen molar-refractivity contribution in [3.63, 3.8) is 0 Å². The molecule has 5 heteroatoms. The monoisotopic (exact) mass is 468 g/mol. The molecule has 5 nitrogen and oxygen atoms in total. The number of rotatable bonds is 5. The largest absolute Gasteiger partial charge is 0.447 e. The lowest BCUT2D eigenvalue weighted by molar-refractivity contribution is -0.144. The third-order valence-electron chi connectivity index (χ3n) is 11.2. The first-order chi connectivity index (χ1) is 16.6. The fourth-order valence-corrected chi connectivity index (χ4v) is 9.68. The van der Waals surface area contributed by atoms with Gasteiger partial charge in [0.05, 0.1) is 6.20 Å².